The molecule has 1 atom stereocenters. The summed E-state index contributed by atoms with van der Waals surface area (Å²) < 4.78 is 27.5. The van der Waals surface area contributed by atoms with Crippen molar-refractivity contribution >= 4 is 5.97 Å². The third kappa shape index (κ3) is 6.34. The van der Waals surface area contributed by atoms with Crippen molar-refractivity contribution in [1.29, 1.82) is 0 Å². The molecule has 6 heteroatoms. The molecule has 0 radical (unpaired) electrons. The Hall–Kier alpha value is -2.83. The highest BCUT2D eigenvalue weighted by Crippen LogP contribution is 2.32. The first-order valence-corrected chi connectivity index (χ1v) is 9.29. The average Bonchev–Trinajstić information content (AvgIpc) is 2.76. The van der Waals surface area contributed by atoms with E-state index in [-0.39, 0.29) is 6.10 Å². The zero-order valence-corrected chi connectivity index (χ0v) is 17.3. The molecule has 0 aromatic heterocycles. The Balaban J connectivity index is 2.45. The lowest BCUT2D eigenvalue weighted by molar-refractivity contribution is -0.100. The van der Waals surface area contributed by atoms with Crippen LogP contribution in [0.25, 0.3) is 0 Å². The first-order chi connectivity index (χ1) is 14.0. The smallest absolute Gasteiger partial charge is 0.341 e. The Bertz CT molecular complexity index is 799. The molecule has 2 aromatic carbocycles. The molecular formula is C23H28O6. The number of ether oxygens (including phenoxy) is 5. The van der Waals surface area contributed by atoms with Gasteiger partial charge in [-0.05, 0) is 24.1 Å². The van der Waals surface area contributed by atoms with Crippen LogP contribution in [0, 0.1) is 0 Å². The van der Waals surface area contributed by atoms with Crippen LogP contribution in [0.1, 0.15) is 28.4 Å². The van der Waals surface area contributed by atoms with Gasteiger partial charge in [0.15, 0.2) is 6.29 Å². The molecule has 1 unspecified atom stereocenters. The van der Waals surface area contributed by atoms with Gasteiger partial charge in [0.1, 0.15) is 29.8 Å². The number of hydrogen-bond donors (Lipinski definition) is 0. The summed E-state index contributed by atoms with van der Waals surface area (Å²) in [4.78, 5) is 12.5. The normalized spacial score (nSPS) is 11.8. The third-order valence-electron chi connectivity index (χ3n) is 4.35. The van der Waals surface area contributed by atoms with E-state index in [1.54, 1.807) is 32.4 Å². The van der Waals surface area contributed by atoms with Gasteiger partial charge < -0.3 is 23.7 Å². The molecule has 0 saturated heterocycles. The largest absolute Gasteiger partial charge is 0.489 e. The lowest BCUT2D eigenvalue weighted by Gasteiger charge is -2.21. The molecule has 0 bridgehead atoms. The van der Waals surface area contributed by atoms with Gasteiger partial charge >= 0.3 is 5.97 Å². The van der Waals surface area contributed by atoms with Crippen LogP contribution < -0.4 is 9.47 Å². The first kappa shape index (κ1) is 22.5. The molecule has 0 aliphatic rings. The van der Waals surface area contributed by atoms with Crippen molar-refractivity contribution in [2.45, 2.75) is 32.3 Å². The van der Waals surface area contributed by atoms with E-state index >= 15 is 0 Å². The van der Waals surface area contributed by atoms with E-state index in [0.717, 1.165) is 5.56 Å². The topological polar surface area (TPSA) is 63.2 Å². The van der Waals surface area contributed by atoms with Crippen LogP contribution in [0.5, 0.6) is 11.5 Å². The standard InChI is InChI=1S/C23H28O6/c1-6-16(2)29-20-14-19(28-15-17-10-8-7-9-11-17)12-18(13-21(25-3)26-4)22(20)23(24)27-5/h6-12,14,16,21H,1,13,15H2,2-5H3. The van der Waals surface area contributed by atoms with Crippen molar-refractivity contribution in [2.24, 2.45) is 0 Å². The van der Waals surface area contributed by atoms with Crippen molar-refractivity contribution in [2.75, 3.05) is 21.3 Å². The highest BCUT2D eigenvalue weighted by Gasteiger charge is 2.23. The number of esters is 1. The highest BCUT2D eigenvalue weighted by atomic mass is 16.7. The number of carbonyl (C=O) groups excluding carboxylic acids is 1. The zero-order chi connectivity index (χ0) is 21.2. The second-order valence-electron chi connectivity index (χ2n) is 6.39. The predicted molar refractivity (Wildman–Crippen MR) is 110 cm³/mol. The molecule has 0 fully saturated rings. The molecular weight excluding hydrogens is 372 g/mol. The van der Waals surface area contributed by atoms with Crippen molar-refractivity contribution in [3.8, 4) is 11.5 Å². The monoisotopic (exact) mass is 400 g/mol. The number of carbonyl (C=O) groups is 1. The SMILES string of the molecule is C=CC(C)Oc1cc(OCc2ccccc2)cc(CC(OC)OC)c1C(=O)OC. The first-order valence-electron chi connectivity index (χ1n) is 9.29. The predicted octanol–water partition coefficient (Wildman–Crippen LogP) is 4.17. The third-order valence-corrected chi connectivity index (χ3v) is 4.35. The Morgan fingerprint density at radius 1 is 1.10 bits per heavy atom. The van der Waals surface area contributed by atoms with Crippen LogP contribution >= 0.6 is 0 Å². The van der Waals surface area contributed by atoms with E-state index < -0.39 is 12.3 Å². The van der Waals surface area contributed by atoms with Gasteiger partial charge in [-0.25, -0.2) is 4.79 Å². The lowest BCUT2D eigenvalue weighted by Crippen LogP contribution is -2.20. The van der Waals surface area contributed by atoms with E-state index in [1.165, 1.54) is 7.11 Å². The molecule has 0 saturated carbocycles. The van der Waals surface area contributed by atoms with Gasteiger partial charge in [-0.2, -0.15) is 0 Å². The lowest BCUT2D eigenvalue weighted by atomic mass is 10.0. The summed E-state index contributed by atoms with van der Waals surface area (Å²) in [6.45, 7) is 5.95. The van der Waals surface area contributed by atoms with Crippen molar-refractivity contribution < 1.29 is 28.5 Å². The van der Waals surface area contributed by atoms with Gasteiger partial charge in [-0.15, -0.1) is 0 Å². The van der Waals surface area contributed by atoms with Crippen LogP contribution in [0.4, 0.5) is 0 Å². The van der Waals surface area contributed by atoms with Gasteiger partial charge in [-0.3, -0.25) is 0 Å². The molecule has 2 aromatic rings. The minimum Gasteiger partial charge on any atom is -0.489 e. The second kappa shape index (κ2) is 11.2. The van der Waals surface area contributed by atoms with Crippen molar-refractivity contribution in [3.63, 3.8) is 0 Å². The summed E-state index contributed by atoms with van der Waals surface area (Å²) in [6.07, 6.45) is 1.12. The molecule has 6 nitrogen and oxygen atoms in total. The minimum absolute atomic E-state index is 0.309. The maximum absolute atomic E-state index is 12.5. The maximum atomic E-state index is 12.5. The Morgan fingerprint density at radius 2 is 1.79 bits per heavy atom. The fourth-order valence-electron chi connectivity index (χ4n) is 2.75. The highest BCUT2D eigenvalue weighted by molar-refractivity contribution is 5.94. The molecule has 0 aliphatic heterocycles. The average molecular weight is 400 g/mol. The summed E-state index contributed by atoms with van der Waals surface area (Å²) in [5.74, 6) is 0.413. The van der Waals surface area contributed by atoms with Crippen molar-refractivity contribution in [3.05, 3.63) is 71.8 Å². The zero-order valence-electron chi connectivity index (χ0n) is 17.3. The second-order valence-corrected chi connectivity index (χ2v) is 6.39. The maximum Gasteiger partial charge on any atom is 0.341 e. The van der Waals surface area contributed by atoms with Gasteiger partial charge in [0, 0.05) is 26.7 Å². The van der Waals surface area contributed by atoms with Crippen LogP contribution in [0.2, 0.25) is 0 Å². The number of benzene rings is 2. The van der Waals surface area contributed by atoms with E-state index in [4.69, 9.17) is 23.7 Å². The molecule has 2 rings (SSSR count). The van der Waals surface area contributed by atoms with E-state index in [0.29, 0.717) is 35.7 Å². The molecule has 0 spiro atoms. The summed E-state index contributed by atoms with van der Waals surface area (Å²) in [5.41, 5.74) is 1.98. The van der Waals surface area contributed by atoms with Crippen LogP contribution in [0.3, 0.4) is 0 Å². The van der Waals surface area contributed by atoms with Gasteiger partial charge in [0.25, 0.3) is 0 Å². The fraction of sp³-hybridized carbons (Fsp3) is 0.348. The quantitative estimate of drug-likeness (QED) is 0.321. The van der Waals surface area contributed by atoms with E-state index in [2.05, 4.69) is 6.58 Å². The van der Waals surface area contributed by atoms with Crippen LogP contribution in [-0.2, 0) is 27.2 Å². The number of hydrogen-bond acceptors (Lipinski definition) is 6. The molecule has 29 heavy (non-hydrogen) atoms. The van der Waals surface area contributed by atoms with Crippen LogP contribution in [-0.4, -0.2) is 39.7 Å². The van der Waals surface area contributed by atoms with Crippen LogP contribution in [0.15, 0.2) is 55.1 Å². The molecule has 156 valence electrons. The molecule has 0 aliphatic carbocycles. The molecule has 0 amide bonds. The number of rotatable bonds is 11. The number of methoxy groups -OCH3 is 3. The van der Waals surface area contributed by atoms with Gasteiger partial charge in [0.05, 0.1) is 7.11 Å². The fourth-order valence-corrected chi connectivity index (χ4v) is 2.75. The van der Waals surface area contributed by atoms with Gasteiger partial charge in [-0.1, -0.05) is 43.0 Å². The Labute approximate surface area is 172 Å². The summed E-state index contributed by atoms with van der Waals surface area (Å²) in [6, 6.07) is 13.3. The molecule has 0 heterocycles. The Morgan fingerprint density at radius 3 is 2.38 bits per heavy atom. The minimum atomic E-state index is -0.535. The Kier molecular flexibility index (Phi) is 8.70. The summed E-state index contributed by atoms with van der Waals surface area (Å²) in [7, 11) is 4.41. The van der Waals surface area contributed by atoms with Gasteiger partial charge in [0.2, 0.25) is 0 Å². The summed E-state index contributed by atoms with van der Waals surface area (Å²) >= 11 is 0. The van der Waals surface area contributed by atoms with E-state index in [9.17, 15) is 4.79 Å². The van der Waals surface area contributed by atoms with E-state index in [1.807, 2.05) is 37.3 Å². The molecule has 0 N–H and O–H groups in total. The van der Waals surface area contributed by atoms with Crippen molar-refractivity contribution in [1.82, 2.24) is 0 Å². The summed E-state index contributed by atoms with van der Waals surface area (Å²) in [5, 5.41) is 0.